The van der Waals surface area contributed by atoms with Crippen molar-refractivity contribution < 1.29 is 30.4 Å². The summed E-state index contributed by atoms with van der Waals surface area (Å²) in [4.78, 5) is 0.699. The zero-order valence-electron chi connectivity index (χ0n) is 19.5. The molecule has 37 heavy (non-hydrogen) atoms. The summed E-state index contributed by atoms with van der Waals surface area (Å²) in [5, 5.41) is 12.6. The highest BCUT2D eigenvalue weighted by Crippen LogP contribution is 2.48. The maximum atomic E-state index is 13.6. The first-order valence-electron chi connectivity index (χ1n) is 11.7. The third kappa shape index (κ3) is 5.56. The second kappa shape index (κ2) is 9.61. The summed E-state index contributed by atoms with van der Waals surface area (Å²) in [5.74, 6) is -2.64. The fourth-order valence-electron chi connectivity index (χ4n) is 4.56. The predicted molar refractivity (Wildman–Crippen MR) is 133 cm³/mol. The number of nitrogens with zero attached hydrogens (tertiary/aromatic N) is 2. The number of aryl methyl sites for hydroxylation is 2. The summed E-state index contributed by atoms with van der Waals surface area (Å²) >= 11 is 6.48. The second-order valence-corrected chi connectivity index (χ2v) is 12.8. The minimum Gasteiger partial charge on any atom is -0.367 e. The molecule has 0 amide bonds. The third-order valence-electron chi connectivity index (χ3n) is 6.71. The smallest absolute Gasteiger partial charge is 0.282 e. The van der Waals surface area contributed by atoms with E-state index in [0.29, 0.717) is 18.4 Å². The van der Waals surface area contributed by atoms with Crippen LogP contribution in [0.25, 0.3) is 0 Å². The first-order valence-corrected chi connectivity index (χ1v) is 14.4. The number of aromatic nitrogens is 2. The van der Waals surface area contributed by atoms with Crippen LogP contribution in [0.1, 0.15) is 48.2 Å². The van der Waals surface area contributed by atoms with Crippen LogP contribution in [-0.4, -0.2) is 53.5 Å². The molecule has 3 aliphatic rings. The average molecular weight is 585 g/mol. The van der Waals surface area contributed by atoms with Gasteiger partial charge < -0.3 is 16.0 Å². The maximum Gasteiger partial charge on any atom is 0.282 e. The molecule has 2 fully saturated rings. The Morgan fingerprint density at radius 2 is 2.00 bits per heavy atom. The van der Waals surface area contributed by atoms with Gasteiger partial charge >= 0.3 is 0 Å². The molecule has 204 valence electrons. The molecule has 0 spiro atoms. The van der Waals surface area contributed by atoms with Crippen molar-refractivity contribution in [2.75, 3.05) is 10.6 Å². The van der Waals surface area contributed by atoms with E-state index in [9.17, 15) is 30.4 Å². The number of halogens is 5. The van der Waals surface area contributed by atoms with E-state index in [2.05, 4.69) is 25.8 Å². The SMILES string of the molecule is Cn1nc(C(F)F)cc1NC(=S)N[C@H]1CCc2sc(NC3CC3(F)F)c(S(=O)(=O)N[C@H]3C[C@H](F)C3)c2C1. The van der Waals surface area contributed by atoms with Crippen molar-refractivity contribution in [3.8, 4) is 0 Å². The number of fused-ring (bicyclic) bond motifs is 1. The van der Waals surface area contributed by atoms with E-state index in [4.69, 9.17) is 12.2 Å². The van der Waals surface area contributed by atoms with E-state index in [1.165, 1.54) is 17.8 Å². The lowest BCUT2D eigenvalue weighted by Crippen LogP contribution is -2.45. The molecule has 3 aliphatic carbocycles. The van der Waals surface area contributed by atoms with Gasteiger partial charge in [-0.3, -0.25) is 4.68 Å². The Bertz CT molecular complexity index is 1310. The van der Waals surface area contributed by atoms with Crippen LogP contribution in [0.4, 0.5) is 32.8 Å². The summed E-state index contributed by atoms with van der Waals surface area (Å²) in [5.41, 5.74) is 0.106. The van der Waals surface area contributed by atoms with Gasteiger partial charge in [0.1, 0.15) is 27.6 Å². The van der Waals surface area contributed by atoms with Crippen molar-refractivity contribution in [3.05, 3.63) is 22.2 Å². The average Bonchev–Trinajstić information content (AvgIpc) is 3.06. The molecule has 1 unspecified atom stereocenters. The van der Waals surface area contributed by atoms with E-state index in [1.54, 1.807) is 0 Å². The first kappa shape index (κ1) is 26.6. The molecule has 2 aromatic rings. The van der Waals surface area contributed by atoms with Crippen LogP contribution in [0.3, 0.4) is 0 Å². The van der Waals surface area contributed by atoms with Gasteiger partial charge in [0.25, 0.3) is 12.3 Å². The van der Waals surface area contributed by atoms with Crippen molar-refractivity contribution in [2.24, 2.45) is 7.05 Å². The molecule has 0 aliphatic heterocycles. The molecule has 4 N–H and O–H groups in total. The molecule has 0 saturated heterocycles. The Hall–Kier alpha value is -2.04. The van der Waals surface area contributed by atoms with Gasteiger partial charge in [-0.05, 0) is 49.9 Å². The number of thiocarbonyl (C=S) groups is 1. The molecule has 2 heterocycles. The largest absolute Gasteiger partial charge is 0.367 e. The molecule has 0 radical (unpaired) electrons. The summed E-state index contributed by atoms with van der Waals surface area (Å²) in [6.07, 6.45) is -2.71. The molecule has 0 aromatic carbocycles. The van der Waals surface area contributed by atoms with E-state index in [0.717, 1.165) is 16.2 Å². The van der Waals surface area contributed by atoms with Crippen LogP contribution in [0, 0.1) is 0 Å². The normalized spacial score (nSPS) is 26.4. The van der Waals surface area contributed by atoms with E-state index >= 15 is 0 Å². The summed E-state index contributed by atoms with van der Waals surface area (Å²) in [7, 11) is -2.62. The van der Waals surface area contributed by atoms with E-state index < -0.39 is 46.3 Å². The molecule has 0 bridgehead atoms. The highest BCUT2D eigenvalue weighted by atomic mass is 32.2. The van der Waals surface area contributed by atoms with Crippen LogP contribution in [-0.2, 0) is 29.9 Å². The van der Waals surface area contributed by atoms with Crippen molar-refractivity contribution in [1.29, 1.82) is 0 Å². The van der Waals surface area contributed by atoms with Crippen molar-refractivity contribution >= 4 is 49.5 Å². The zero-order chi connectivity index (χ0) is 26.7. The van der Waals surface area contributed by atoms with Crippen molar-refractivity contribution in [3.63, 3.8) is 0 Å². The van der Waals surface area contributed by atoms with Gasteiger partial charge in [0.05, 0.1) is 6.04 Å². The zero-order valence-corrected chi connectivity index (χ0v) is 22.0. The predicted octanol–water partition coefficient (Wildman–Crippen LogP) is 3.86. The maximum absolute atomic E-state index is 13.6. The molecule has 2 saturated carbocycles. The molecular weight excluding hydrogens is 559 g/mol. The van der Waals surface area contributed by atoms with Gasteiger partial charge in [-0.15, -0.1) is 11.3 Å². The van der Waals surface area contributed by atoms with E-state index in [1.807, 2.05) is 0 Å². The standard InChI is InChI=1S/C21H25F5N6O2S3/c1-32-16(7-13(30-32)18(23)24)29-20(35)27-10-2-3-14-12(6-10)17(19(36-14)28-15-8-21(15,25)26)37(33,34)31-11-4-9(22)5-11/h7,9-11,15,18,28,31H,2-6,8H2,1H3,(H2,27,29,35)/t9-,10-,11-,15?/m0/s1. The van der Waals surface area contributed by atoms with Gasteiger partial charge in [-0.1, -0.05) is 0 Å². The Labute approximate surface area is 219 Å². The third-order valence-corrected chi connectivity index (χ3v) is 9.92. The lowest BCUT2D eigenvalue weighted by atomic mass is 9.92. The number of nitrogens with one attached hydrogen (secondary N) is 4. The molecule has 2 aromatic heterocycles. The van der Waals surface area contributed by atoms with Crippen molar-refractivity contribution in [2.45, 2.75) is 80.1 Å². The van der Waals surface area contributed by atoms with Crippen LogP contribution in [0.15, 0.2) is 11.0 Å². The fourth-order valence-corrected chi connectivity index (χ4v) is 8.13. The number of alkyl halides is 5. The van der Waals surface area contributed by atoms with Crippen LogP contribution < -0.4 is 20.7 Å². The summed E-state index contributed by atoms with van der Waals surface area (Å²) in [6, 6.07) is -0.797. The van der Waals surface area contributed by atoms with Crippen molar-refractivity contribution in [1.82, 2.24) is 19.8 Å². The Balaban J connectivity index is 1.34. The quantitative estimate of drug-likeness (QED) is 0.276. The number of hydrogen-bond acceptors (Lipinski definition) is 6. The Kier molecular flexibility index (Phi) is 6.90. The highest BCUT2D eigenvalue weighted by Gasteiger charge is 2.57. The molecule has 16 heteroatoms. The van der Waals surface area contributed by atoms with E-state index in [-0.39, 0.29) is 52.6 Å². The molecular formula is C21H25F5N6O2S3. The van der Waals surface area contributed by atoms with Gasteiger partial charge in [0.15, 0.2) is 5.11 Å². The monoisotopic (exact) mass is 584 g/mol. The number of rotatable bonds is 8. The number of thiophene rings is 1. The molecule has 8 nitrogen and oxygen atoms in total. The topological polar surface area (TPSA) is 100 Å². The molecule has 2 atom stereocenters. The number of sulfonamides is 1. The highest BCUT2D eigenvalue weighted by molar-refractivity contribution is 7.90. The van der Waals surface area contributed by atoms with Gasteiger partial charge in [0, 0.05) is 36.5 Å². The van der Waals surface area contributed by atoms with Crippen LogP contribution in [0.5, 0.6) is 0 Å². The second-order valence-electron chi connectivity index (χ2n) is 9.63. The Morgan fingerprint density at radius 1 is 1.30 bits per heavy atom. The Morgan fingerprint density at radius 3 is 2.59 bits per heavy atom. The van der Waals surface area contributed by atoms with Gasteiger partial charge in [-0.2, -0.15) is 5.10 Å². The summed E-state index contributed by atoms with van der Waals surface area (Å²) < 4.78 is 96.8. The summed E-state index contributed by atoms with van der Waals surface area (Å²) in [6.45, 7) is 0. The minimum atomic E-state index is -4.11. The first-order chi connectivity index (χ1) is 17.3. The minimum absolute atomic E-state index is 0.0699. The fraction of sp³-hybridized carbons (Fsp3) is 0.619. The van der Waals surface area contributed by atoms with Gasteiger partial charge in [-0.25, -0.2) is 35.1 Å². The van der Waals surface area contributed by atoms with Crippen LogP contribution >= 0.6 is 23.6 Å². The molecule has 5 rings (SSSR count). The van der Waals surface area contributed by atoms with Crippen LogP contribution in [0.2, 0.25) is 0 Å². The lowest BCUT2D eigenvalue weighted by molar-refractivity contribution is 0.115. The number of hydrogen-bond donors (Lipinski definition) is 4. The lowest BCUT2D eigenvalue weighted by Gasteiger charge is -2.30. The number of anilines is 2. The van der Waals surface area contributed by atoms with Gasteiger partial charge in [0.2, 0.25) is 10.0 Å².